The van der Waals surface area contributed by atoms with Gasteiger partial charge in [-0.2, -0.15) is 0 Å². The quantitative estimate of drug-likeness (QED) is 0.545. The maximum Gasteiger partial charge on any atom is 0.331 e. The first-order chi connectivity index (χ1) is 13.0. The zero-order valence-electron chi connectivity index (χ0n) is 15.3. The Balaban J connectivity index is 1.77. The van der Waals surface area contributed by atoms with Crippen molar-refractivity contribution in [1.29, 1.82) is 0 Å². The summed E-state index contributed by atoms with van der Waals surface area (Å²) in [5, 5.41) is 3.40. The molecule has 2 aromatic carbocycles. The van der Waals surface area contributed by atoms with Crippen LogP contribution >= 0.6 is 11.6 Å². The van der Waals surface area contributed by atoms with Gasteiger partial charge in [0, 0.05) is 11.1 Å². The van der Waals surface area contributed by atoms with Gasteiger partial charge in [-0.3, -0.25) is 4.79 Å². The second-order valence-corrected chi connectivity index (χ2v) is 6.22. The van der Waals surface area contributed by atoms with Crippen molar-refractivity contribution in [1.82, 2.24) is 5.32 Å². The monoisotopic (exact) mass is 387 g/mol. The Bertz CT molecular complexity index is 785. The second-order valence-electron chi connectivity index (χ2n) is 5.78. The summed E-state index contributed by atoms with van der Waals surface area (Å²) in [6.45, 7) is 4.01. The lowest BCUT2D eigenvalue weighted by Gasteiger charge is -2.14. The largest absolute Gasteiger partial charge is 0.494 e. The van der Waals surface area contributed by atoms with Crippen LogP contribution in [-0.2, 0) is 14.3 Å². The topological polar surface area (TPSA) is 64.6 Å². The summed E-state index contributed by atoms with van der Waals surface area (Å²) in [6, 6.07) is 14.3. The lowest BCUT2D eigenvalue weighted by atomic mass is 10.1. The number of carbonyl (C=O) groups is 2. The van der Waals surface area contributed by atoms with Crippen LogP contribution in [-0.4, -0.2) is 25.1 Å². The third-order valence-electron chi connectivity index (χ3n) is 3.70. The summed E-state index contributed by atoms with van der Waals surface area (Å²) in [6.07, 6.45) is 2.90. The van der Waals surface area contributed by atoms with Crippen LogP contribution < -0.4 is 10.1 Å². The molecule has 142 valence electrons. The average molecular weight is 388 g/mol. The number of rotatable bonds is 8. The highest BCUT2D eigenvalue weighted by Crippen LogP contribution is 2.16. The minimum atomic E-state index is -0.585. The number of esters is 1. The van der Waals surface area contributed by atoms with E-state index in [-0.39, 0.29) is 18.6 Å². The molecule has 0 aliphatic heterocycles. The van der Waals surface area contributed by atoms with Gasteiger partial charge in [-0.15, -0.1) is 0 Å². The van der Waals surface area contributed by atoms with Gasteiger partial charge in [0.25, 0.3) is 5.91 Å². The fourth-order valence-corrected chi connectivity index (χ4v) is 2.43. The van der Waals surface area contributed by atoms with Crippen molar-refractivity contribution in [3.8, 4) is 5.75 Å². The van der Waals surface area contributed by atoms with Gasteiger partial charge in [-0.1, -0.05) is 35.9 Å². The summed E-state index contributed by atoms with van der Waals surface area (Å²) in [4.78, 5) is 23.7. The molecule has 0 aliphatic carbocycles. The third-order valence-corrected chi connectivity index (χ3v) is 3.95. The molecule has 0 radical (unpaired) electrons. The zero-order valence-corrected chi connectivity index (χ0v) is 16.0. The Kier molecular flexibility index (Phi) is 7.89. The number of hydrogen-bond donors (Lipinski definition) is 1. The lowest BCUT2D eigenvalue weighted by Crippen LogP contribution is -2.30. The Hall–Kier alpha value is -2.79. The van der Waals surface area contributed by atoms with E-state index in [1.165, 1.54) is 6.08 Å². The van der Waals surface area contributed by atoms with E-state index in [1.54, 1.807) is 18.2 Å². The molecular weight excluding hydrogens is 366 g/mol. The highest BCUT2D eigenvalue weighted by molar-refractivity contribution is 6.30. The highest BCUT2D eigenvalue weighted by atomic mass is 35.5. The lowest BCUT2D eigenvalue weighted by molar-refractivity contribution is -0.144. The van der Waals surface area contributed by atoms with Crippen molar-refractivity contribution in [2.75, 3.05) is 13.2 Å². The van der Waals surface area contributed by atoms with Crippen LogP contribution in [0.15, 0.2) is 54.6 Å². The molecular formula is C21H22ClNO4. The van der Waals surface area contributed by atoms with E-state index in [0.717, 1.165) is 16.9 Å². The third kappa shape index (κ3) is 7.15. The Morgan fingerprint density at radius 3 is 2.41 bits per heavy atom. The molecule has 0 spiro atoms. The van der Waals surface area contributed by atoms with Crippen molar-refractivity contribution in [2.24, 2.45) is 0 Å². The van der Waals surface area contributed by atoms with Crippen molar-refractivity contribution in [3.05, 3.63) is 70.8 Å². The van der Waals surface area contributed by atoms with Crippen molar-refractivity contribution < 1.29 is 19.1 Å². The smallest absolute Gasteiger partial charge is 0.331 e. The van der Waals surface area contributed by atoms with Crippen LogP contribution in [0.5, 0.6) is 5.75 Å². The maximum absolute atomic E-state index is 11.9. The van der Waals surface area contributed by atoms with Crippen molar-refractivity contribution in [2.45, 2.75) is 19.9 Å². The summed E-state index contributed by atoms with van der Waals surface area (Å²) < 4.78 is 10.3. The predicted molar refractivity (Wildman–Crippen MR) is 106 cm³/mol. The van der Waals surface area contributed by atoms with Gasteiger partial charge in [0.1, 0.15) is 5.75 Å². The molecule has 2 aromatic rings. The molecule has 0 aliphatic rings. The van der Waals surface area contributed by atoms with Crippen LogP contribution in [0.2, 0.25) is 5.02 Å². The van der Waals surface area contributed by atoms with Crippen LogP contribution in [0.25, 0.3) is 6.08 Å². The molecule has 0 unspecified atom stereocenters. The van der Waals surface area contributed by atoms with Gasteiger partial charge >= 0.3 is 5.97 Å². The summed E-state index contributed by atoms with van der Waals surface area (Å²) in [5.41, 5.74) is 1.74. The molecule has 0 saturated carbocycles. The SMILES string of the molecule is CCOc1ccc(/C=C/C(=O)OCC(=O)N[C@@H](C)c2ccc(Cl)cc2)cc1. The Morgan fingerprint density at radius 2 is 1.78 bits per heavy atom. The molecule has 0 saturated heterocycles. The summed E-state index contributed by atoms with van der Waals surface area (Å²) in [7, 11) is 0. The molecule has 0 aromatic heterocycles. The van der Waals surface area contributed by atoms with E-state index in [4.69, 9.17) is 21.1 Å². The van der Waals surface area contributed by atoms with Gasteiger partial charge < -0.3 is 14.8 Å². The first-order valence-electron chi connectivity index (χ1n) is 8.60. The number of carbonyl (C=O) groups excluding carboxylic acids is 2. The van der Waals surface area contributed by atoms with Gasteiger partial charge in [0.15, 0.2) is 6.61 Å². The number of benzene rings is 2. The van der Waals surface area contributed by atoms with Gasteiger partial charge in [-0.05, 0) is 55.3 Å². The Labute approximate surface area is 163 Å². The molecule has 0 bridgehead atoms. The first-order valence-corrected chi connectivity index (χ1v) is 8.98. The molecule has 5 nitrogen and oxygen atoms in total. The van der Waals surface area contributed by atoms with E-state index < -0.39 is 5.97 Å². The maximum atomic E-state index is 11.9. The van der Waals surface area contributed by atoms with E-state index in [1.807, 2.05) is 50.2 Å². The van der Waals surface area contributed by atoms with E-state index in [2.05, 4.69) is 5.32 Å². The summed E-state index contributed by atoms with van der Waals surface area (Å²) >= 11 is 5.84. The molecule has 1 amide bonds. The fourth-order valence-electron chi connectivity index (χ4n) is 2.31. The van der Waals surface area contributed by atoms with Crippen molar-refractivity contribution in [3.63, 3.8) is 0 Å². The van der Waals surface area contributed by atoms with Gasteiger partial charge in [0.2, 0.25) is 0 Å². The van der Waals surface area contributed by atoms with E-state index >= 15 is 0 Å². The van der Waals surface area contributed by atoms with Crippen LogP contribution in [0, 0.1) is 0 Å². The number of hydrogen-bond acceptors (Lipinski definition) is 4. The first kappa shape index (κ1) is 20.5. The number of ether oxygens (including phenoxy) is 2. The molecule has 2 rings (SSSR count). The van der Waals surface area contributed by atoms with Gasteiger partial charge in [-0.25, -0.2) is 4.79 Å². The molecule has 1 N–H and O–H groups in total. The van der Waals surface area contributed by atoms with Crippen LogP contribution in [0.1, 0.15) is 31.0 Å². The number of halogens is 1. The Morgan fingerprint density at radius 1 is 1.11 bits per heavy atom. The van der Waals surface area contributed by atoms with E-state index in [0.29, 0.717) is 11.6 Å². The van der Waals surface area contributed by atoms with Crippen LogP contribution in [0.4, 0.5) is 0 Å². The second kappa shape index (κ2) is 10.4. The fraction of sp³-hybridized carbons (Fsp3) is 0.238. The van der Waals surface area contributed by atoms with Crippen LogP contribution in [0.3, 0.4) is 0 Å². The molecule has 0 fully saturated rings. The minimum Gasteiger partial charge on any atom is -0.494 e. The standard InChI is InChI=1S/C21H22ClNO4/c1-3-26-19-11-4-16(5-12-19)6-13-21(25)27-14-20(24)23-15(2)17-7-9-18(22)10-8-17/h4-13,15H,3,14H2,1-2H3,(H,23,24)/b13-6+/t15-/m0/s1. The molecule has 1 atom stereocenters. The van der Waals surface area contributed by atoms with Gasteiger partial charge in [0.05, 0.1) is 12.6 Å². The normalized spacial score (nSPS) is 11.8. The number of nitrogens with one attached hydrogen (secondary N) is 1. The van der Waals surface area contributed by atoms with Crippen molar-refractivity contribution >= 4 is 29.6 Å². The zero-order chi connectivity index (χ0) is 19.6. The highest BCUT2D eigenvalue weighted by Gasteiger charge is 2.11. The minimum absolute atomic E-state index is 0.215. The number of amides is 1. The molecule has 6 heteroatoms. The summed E-state index contributed by atoms with van der Waals surface area (Å²) in [5.74, 6) is -0.192. The average Bonchev–Trinajstić information content (AvgIpc) is 2.66. The molecule has 27 heavy (non-hydrogen) atoms. The van der Waals surface area contributed by atoms with E-state index in [9.17, 15) is 9.59 Å². The molecule has 0 heterocycles. The predicted octanol–water partition coefficient (Wildman–Crippen LogP) is 4.17.